The molecule has 1 radical (unpaired) electrons. The van der Waals surface area contributed by atoms with Gasteiger partial charge in [-0.05, 0) is 24.0 Å². The van der Waals surface area contributed by atoms with E-state index in [0.717, 1.165) is 12.8 Å². The highest BCUT2D eigenvalue weighted by Gasteiger charge is 2.21. The van der Waals surface area contributed by atoms with Crippen LogP contribution in [0, 0.1) is 0 Å². The van der Waals surface area contributed by atoms with Gasteiger partial charge in [0.1, 0.15) is 0 Å². The summed E-state index contributed by atoms with van der Waals surface area (Å²) in [5.74, 6) is 0.0474. The first kappa shape index (κ1) is 6.59. The standard InChI is InChI=1S/C10H9O/c11-7-9-6-5-8-3-1-2-4-10(8)9/h1-4,9H,5-6H2. The second-order valence-corrected chi connectivity index (χ2v) is 2.91. The smallest absolute Gasteiger partial charge is 0.206 e. The Hall–Kier alpha value is -1.11. The Bertz CT molecular complexity index is 278. The van der Waals surface area contributed by atoms with Crippen molar-refractivity contribution in [3.63, 3.8) is 0 Å². The summed E-state index contributed by atoms with van der Waals surface area (Å²) in [7, 11) is 0. The predicted molar refractivity (Wildman–Crippen MR) is 43.2 cm³/mol. The fourth-order valence-corrected chi connectivity index (χ4v) is 1.68. The van der Waals surface area contributed by atoms with Crippen molar-refractivity contribution < 1.29 is 4.79 Å². The van der Waals surface area contributed by atoms with Crippen LogP contribution in [0.25, 0.3) is 0 Å². The molecule has 1 heteroatoms. The minimum Gasteiger partial charge on any atom is -0.290 e. The van der Waals surface area contributed by atoms with Gasteiger partial charge in [-0.15, -0.1) is 0 Å². The number of hydrogen-bond donors (Lipinski definition) is 0. The molecule has 0 aliphatic heterocycles. The lowest BCUT2D eigenvalue weighted by Gasteiger charge is -1.99. The molecule has 1 aromatic carbocycles. The van der Waals surface area contributed by atoms with E-state index in [-0.39, 0.29) is 5.92 Å². The van der Waals surface area contributed by atoms with E-state index in [1.54, 1.807) is 0 Å². The zero-order valence-electron chi connectivity index (χ0n) is 6.21. The van der Waals surface area contributed by atoms with Crippen molar-refractivity contribution in [1.29, 1.82) is 0 Å². The van der Waals surface area contributed by atoms with Crippen LogP contribution in [-0.2, 0) is 11.2 Å². The van der Waals surface area contributed by atoms with Crippen LogP contribution >= 0.6 is 0 Å². The van der Waals surface area contributed by atoms with E-state index in [4.69, 9.17) is 0 Å². The lowest BCUT2D eigenvalue weighted by atomic mass is 10.0. The third-order valence-electron chi connectivity index (χ3n) is 2.28. The Balaban J connectivity index is 2.46. The topological polar surface area (TPSA) is 17.1 Å². The number of hydrogen-bond acceptors (Lipinski definition) is 1. The van der Waals surface area contributed by atoms with Gasteiger partial charge in [0, 0.05) is 0 Å². The lowest BCUT2D eigenvalue weighted by molar-refractivity contribution is 0.542. The molecule has 1 aromatic rings. The second-order valence-electron chi connectivity index (χ2n) is 2.91. The summed E-state index contributed by atoms with van der Waals surface area (Å²) in [5, 5.41) is 0. The van der Waals surface area contributed by atoms with Crippen molar-refractivity contribution in [2.75, 3.05) is 0 Å². The molecule has 0 saturated heterocycles. The predicted octanol–water partition coefficient (Wildman–Crippen LogP) is 1.83. The Morgan fingerprint density at radius 1 is 1.36 bits per heavy atom. The van der Waals surface area contributed by atoms with Crippen LogP contribution in [0.15, 0.2) is 24.3 Å². The molecule has 1 aliphatic carbocycles. The molecule has 0 heterocycles. The first-order valence-corrected chi connectivity index (χ1v) is 3.87. The number of carbonyl (C=O) groups excluding carboxylic acids is 1. The van der Waals surface area contributed by atoms with Crippen molar-refractivity contribution in [3.8, 4) is 0 Å². The molecule has 1 nitrogen and oxygen atoms in total. The fourth-order valence-electron chi connectivity index (χ4n) is 1.68. The van der Waals surface area contributed by atoms with Crippen LogP contribution in [-0.4, -0.2) is 6.29 Å². The molecule has 1 aliphatic rings. The highest BCUT2D eigenvalue weighted by atomic mass is 16.1. The van der Waals surface area contributed by atoms with E-state index in [0.29, 0.717) is 0 Å². The molecular weight excluding hydrogens is 136 g/mol. The quantitative estimate of drug-likeness (QED) is 0.589. The zero-order chi connectivity index (χ0) is 7.68. The average molecular weight is 145 g/mol. The third-order valence-corrected chi connectivity index (χ3v) is 2.28. The molecule has 1 atom stereocenters. The van der Waals surface area contributed by atoms with E-state index < -0.39 is 0 Å². The minimum atomic E-state index is 0.0474. The normalized spacial score (nSPS) is 21.3. The summed E-state index contributed by atoms with van der Waals surface area (Å²) in [6.45, 7) is 0. The molecule has 0 aromatic heterocycles. The molecule has 11 heavy (non-hydrogen) atoms. The Morgan fingerprint density at radius 3 is 3.00 bits per heavy atom. The molecular formula is C10H9O. The monoisotopic (exact) mass is 145 g/mol. The molecule has 55 valence electrons. The maximum absolute atomic E-state index is 10.4. The molecule has 0 saturated carbocycles. The number of fused-ring (bicyclic) bond motifs is 1. The van der Waals surface area contributed by atoms with Crippen molar-refractivity contribution in [2.45, 2.75) is 18.8 Å². The summed E-state index contributed by atoms with van der Waals surface area (Å²) in [6, 6.07) is 8.12. The summed E-state index contributed by atoms with van der Waals surface area (Å²) < 4.78 is 0. The molecule has 0 amide bonds. The van der Waals surface area contributed by atoms with Gasteiger partial charge in [0.15, 0.2) is 0 Å². The van der Waals surface area contributed by atoms with Gasteiger partial charge in [-0.3, -0.25) is 4.79 Å². The van der Waals surface area contributed by atoms with Crippen molar-refractivity contribution >= 4 is 6.29 Å². The van der Waals surface area contributed by atoms with Gasteiger partial charge in [0.25, 0.3) is 0 Å². The number of benzene rings is 1. The van der Waals surface area contributed by atoms with Gasteiger partial charge in [-0.25, -0.2) is 0 Å². The van der Waals surface area contributed by atoms with E-state index in [2.05, 4.69) is 12.4 Å². The Labute approximate surface area is 66.0 Å². The van der Waals surface area contributed by atoms with Crippen LogP contribution in [0.5, 0.6) is 0 Å². The van der Waals surface area contributed by atoms with Crippen LogP contribution in [0.4, 0.5) is 0 Å². The summed E-state index contributed by atoms with van der Waals surface area (Å²) >= 11 is 0. The van der Waals surface area contributed by atoms with Gasteiger partial charge in [0.05, 0.1) is 5.92 Å². The van der Waals surface area contributed by atoms with Crippen molar-refractivity contribution in [2.24, 2.45) is 0 Å². The van der Waals surface area contributed by atoms with Crippen molar-refractivity contribution in [1.82, 2.24) is 0 Å². The largest absolute Gasteiger partial charge is 0.290 e. The molecule has 0 bridgehead atoms. The molecule has 1 unspecified atom stereocenters. The van der Waals surface area contributed by atoms with Gasteiger partial charge in [-0.2, -0.15) is 0 Å². The van der Waals surface area contributed by atoms with E-state index in [1.807, 2.05) is 18.2 Å². The van der Waals surface area contributed by atoms with Crippen LogP contribution < -0.4 is 0 Å². The first-order valence-electron chi connectivity index (χ1n) is 3.87. The fraction of sp³-hybridized carbons (Fsp3) is 0.300. The Morgan fingerprint density at radius 2 is 2.18 bits per heavy atom. The summed E-state index contributed by atoms with van der Waals surface area (Å²) in [6.07, 6.45) is 4.06. The van der Waals surface area contributed by atoms with Gasteiger partial charge in [0.2, 0.25) is 6.29 Å². The van der Waals surface area contributed by atoms with E-state index >= 15 is 0 Å². The molecule has 2 rings (SSSR count). The van der Waals surface area contributed by atoms with E-state index in [1.165, 1.54) is 11.1 Å². The maximum atomic E-state index is 10.4. The minimum absolute atomic E-state index is 0.0474. The van der Waals surface area contributed by atoms with Gasteiger partial charge < -0.3 is 0 Å². The first-order chi connectivity index (χ1) is 5.42. The molecule has 0 fully saturated rings. The SMILES string of the molecule is O=[C]C1CCc2ccccc21. The Kier molecular flexibility index (Phi) is 1.50. The number of aryl methyl sites for hydroxylation is 1. The van der Waals surface area contributed by atoms with Gasteiger partial charge >= 0.3 is 0 Å². The highest BCUT2D eigenvalue weighted by Crippen LogP contribution is 2.30. The van der Waals surface area contributed by atoms with Crippen molar-refractivity contribution in [3.05, 3.63) is 35.4 Å². The van der Waals surface area contributed by atoms with Crippen LogP contribution in [0.3, 0.4) is 0 Å². The number of rotatable bonds is 1. The van der Waals surface area contributed by atoms with Crippen LogP contribution in [0.2, 0.25) is 0 Å². The summed E-state index contributed by atoms with van der Waals surface area (Å²) in [4.78, 5) is 10.4. The zero-order valence-corrected chi connectivity index (χ0v) is 6.21. The third kappa shape index (κ3) is 0.967. The second kappa shape index (κ2) is 2.50. The van der Waals surface area contributed by atoms with Gasteiger partial charge in [-0.1, -0.05) is 24.3 Å². The lowest BCUT2D eigenvalue weighted by Crippen LogP contribution is -1.92. The molecule has 0 spiro atoms. The average Bonchev–Trinajstić information content (AvgIpc) is 2.47. The highest BCUT2D eigenvalue weighted by molar-refractivity contribution is 5.65. The van der Waals surface area contributed by atoms with E-state index in [9.17, 15) is 4.79 Å². The van der Waals surface area contributed by atoms with Crippen LogP contribution in [0.1, 0.15) is 23.5 Å². The molecule has 0 N–H and O–H groups in total. The maximum Gasteiger partial charge on any atom is 0.206 e. The summed E-state index contributed by atoms with van der Waals surface area (Å²) in [5.41, 5.74) is 2.50.